The molecule has 0 spiro atoms. The summed E-state index contributed by atoms with van der Waals surface area (Å²) >= 11 is 2.99. The van der Waals surface area contributed by atoms with Crippen LogP contribution < -0.4 is 16.7 Å². The summed E-state index contributed by atoms with van der Waals surface area (Å²) < 4.78 is 16.4. The van der Waals surface area contributed by atoms with Crippen molar-refractivity contribution >= 4 is 43.9 Å². The van der Waals surface area contributed by atoms with Gasteiger partial charge in [0, 0.05) is 23.2 Å². The summed E-state index contributed by atoms with van der Waals surface area (Å²) in [4.78, 5) is 30.2. The Kier molecular flexibility index (Phi) is 6.07. The van der Waals surface area contributed by atoms with E-state index in [1.54, 1.807) is 11.3 Å². The molecule has 4 aromatic rings. The highest BCUT2D eigenvalue weighted by Crippen LogP contribution is 2.33. The quantitative estimate of drug-likeness (QED) is 0.442. The molecule has 0 aliphatic carbocycles. The minimum absolute atomic E-state index is 0.0275. The molecular formula is C20H19FN6O2S2. The van der Waals surface area contributed by atoms with Gasteiger partial charge >= 0.3 is 5.69 Å². The predicted octanol–water partition coefficient (Wildman–Crippen LogP) is 3.20. The van der Waals surface area contributed by atoms with Gasteiger partial charge in [-0.3, -0.25) is 9.36 Å². The van der Waals surface area contributed by atoms with Gasteiger partial charge in [0.2, 0.25) is 5.91 Å². The largest absolute Gasteiger partial charge is 0.346 e. The molecule has 0 unspecified atom stereocenters. The van der Waals surface area contributed by atoms with Gasteiger partial charge in [-0.2, -0.15) is 5.10 Å². The van der Waals surface area contributed by atoms with Gasteiger partial charge in [-0.25, -0.2) is 18.9 Å². The van der Waals surface area contributed by atoms with E-state index in [9.17, 15) is 14.0 Å². The first-order valence-electron chi connectivity index (χ1n) is 9.34. The maximum atomic E-state index is 12.7. The highest BCUT2D eigenvalue weighted by molar-refractivity contribution is 7.22. The Labute approximate surface area is 184 Å². The van der Waals surface area contributed by atoms with Gasteiger partial charge < -0.3 is 11.1 Å². The summed E-state index contributed by atoms with van der Waals surface area (Å²) in [7, 11) is 0. The first-order chi connectivity index (χ1) is 15.0. The molecule has 3 heterocycles. The van der Waals surface area contributed by atoms with E-state index >= 15 is 0 Å². The van der Waals surface area contributed by atoms with Crippen molar-refractivity contribution in [2.24, 2.45) is 5.73 Å². The minimum atomic E-state index is -0.322. The standard InChI is InChI=1S/C20H19FN6O2S2/c1-12(28)24-19-25-16-6-14(2-4-18(16)31-19)17-5-3-15(30-17)10-26-11-23-27(20(26)29)9-13(7-21)8-22/h2-7,11H,8-10,22H2,1H3,(H,24,25,28)/b13-7+. The van der Waals surface area contributed by atoms with Crippen LogP contribution in [0.15, 0.2) is 53.4 Å². The zero-order valence-corrected chi connectivity index (χ0v) is 18.2. The zero-order valence-electron chi connectivity index (χ0n) is 16.5. The molecule has 31 heavy (non-hydrogen) atoms. The van der Waals surface area contributed by atoms with Gasteiger partial charge in [-0.15, -0.1) is 11.3 Å². The first kappa shape index (κ1) is 21.1. The Bertz CT molecular complexity index is 1330. The first-order valence-corrected chi connectivity index (χ1v) is 11.0. The summed E-state index contributed by atoms with van der Waals surface area (Å²) in [5.41, 5.74) is 7.24. The van der Waals surface area contributed by atoms with Crippen LogP contribution in [0.5, 0.6) is 0 Å². The van der Waals surface area contributed by atoms with E-state index in [1.165, 1.54) is 33.8 Å². The fraction of sp³-hybridized carbons (Fsp3) is 0.200. The number of fused-ring (bicyclic) bond motifs is 1. The third kappa shape index (κ3) is 4.63. The van der Waals surface area contributed by atoms with E-state index in [0.717, 1.165) is 25.5 Å². The summed E-state index contributed by atoms with van der Waals surface area (Å²) in [5.74, 6) is -0.152. The molecule has 1 amide bonds. The summed E-state index contributed by atoms with van der Waals surface area (Å²) in [5, 5.41) is 7.32. The van der Waals surface area contributed by atoms with Crippen LogP contribution in [-0.2, 0) is 17.9 Å². The number of anilines is 1. The number of carbonyl (C=O) groups excluding carboxylic acids is 1. The van der Waals surface area contributed by atoms with Gasteiger partial charge in [0.05, 0.1) is 29.6 Å². The summed E-state index contributed by atoms with van der Waals surface area (Å²) in [6.07, 6.45) is 1.86. The molecule has 0 saturated carbocycles. The number of halogens is 1. The van der Waals surface area contributed by atoms with Crippen LogP contribution in [0.1, 0.15) is 11.8 Å². The second-order valence-corrected chi connectivity index (χ2v) is 9.02. The Morgan fingerprint density at radius 2 is 2.13 bits per heavy atom. The summed E-state index contributed by atoms with van der Waals surface area (Å²) in [6, 6.07) is 9.93. The fourth-order valence-corrected chi connectivity index (χ4v) is 4.89. The number of nitrogens with one attached hydrogen (secondary N) is 1. The van der Waals surface area contributed by atoms with Crippen molar-refractivity contribution in [3.8, 4) is 10.4 Å². The van der Waals surface area contributed by atoms with Gasteiger partial charge in [0.1, 0.15) is 6.33 Å². The topological polar surface area (TPSA) is 108 Å². The maximum Gasteiger partial charge on any atom is 0.346 e. The van der Waals surface area contributed by atoms with E-state index < -0.39 is 0 Å². The number of aromatic nitrogens is 4. The number of thiophene rings is 1. The minimum Gasteiger partial charge on any atom is -0.327 e. The molecule has 11 heteroatoms. The molecule has 1 aromatic carbocycles. The van der Waals surface area contributed by atoms with Crippen LogP contribution in [0.25, 0.3) is 20.7 Å². The molecule has 0 aliphatic rings. The number of carbonyl (C=O) groups is 1. The Morgan fingerprint density at radius 3 is 2.87 bits per heavy atom. The van der Waals surface area contributed by atoms with Crippen molar-refractivity contribution in [1.29, 1.82) is 0 Å². The van der Waals surface area contributed by atoms with Crippen molar-refractivity contribution < 1.29 is 9.18 Å². The third-order valence-electron chi connectivity index (χ3n) is 4.51. The normalized spacial score (nSPS) is 11.9. The van der Waals surface area contributed by atoms with Gasteiger partial charge in [0.15, 0.2) is 5.13 Å². The lowest BCUT2D eigenvalue weighted by Gasteiger charge is -2.01. The predicted molar refractivity (Wildman–Crippen MR) is 121 cm³/mol. The van der Waals surface area contributed by atoms with Crippen molar-refractivity contribution in [1.82, 2.24) is 19.3 Å². The average Bonchev–Trinajstić information content (AvgIpc) is 3.45. The lowest BCUT2D eigenvalue weighted by atomic mass is 10.2. The maximum absolute atomic E-state index is 12.7. The van der Waals surface area contributed by atoms with E-state index in [-0.39, 0.29) is 24.7 Å². The molecular weight excluding hydrogens is 439 g/mol. The van der Waals surface area contributed by atoms with Crippen molar-refractivity contribution in [2.45, 2.75) is 20.0 Å². The Balaban J connectivity index is 1.53. The fourth-order valence-electron chi connectivity index (χ4n) is 3.00. The van der Waals surface area contributed by atoms with Crippen LogP contribution >= 0.6 is 22.7 Å². The van der Waals surface area contributed by atoms with Gasteiger partial charge in [-0.1, -0.05) is 17.4 Å². The number of thiazole rings is 1. The Hall–Kier alpha value is -3.15. The highest BCUT2D eigenvalue weighted by atomic mass is 32.1. The average molecular weight is 459 g/mol. The number of nitrogens with two attached hydrogens (primary N) is 1. The van der Waals surface area contributed by atoms with Gasteiger partial charge in [-0.05, 0) is 35.4 Å². The lowest BCUT2D eigenvalue weighted by molar-refractivity contribution is -0.114. The second kappa shape index (κ2) is 8.92. The number of rotatable bonds is 7. The summed E-state index contributed by atoms with van der Waals surface area (Å²) in [6.45, 7) is 1.88. The molecule has 0 aliphatic heterocycles. The SMILES string of the molecule is CC(=O)Nc1nc2cc(-c3ccc(Cn4cnn(C/C(=C/F)CN)c4=O)s3)ccc2s1. The van der Waals surface area contributed by atoms with Crippen LogP contribution in [0, 0.1) is 0 Å². The van der Waals surface area contributed by atoms with Crippen molar-refractivity contribution in [3.05, 3.63) is 63.9 Å². The molecule has 0 saturated heterocycles. The second-order valence-electron chi connectivity index (χ2n) is 6.82. The number of nitrogens with zero attached hydrogens (tertiary/aromatic N) is 4. The molecule has 4 rings (SSSR count). The number of amides is 1. The van der Waals surface area contributed by atoms with Gasteiger partial charge in [0.25, 0.3) is 0 Å². The smallest absolute Gasteiger partial charge is 0.327 e. The third-order valence-corrected chi connectivity index (χ3v) is 6.58. The monoisotopic (exact) mass is 458 g/mol. The van der Waals surface area contributed by atoms with Crippen molar-refractivity contribution in [2.75, 3.05) is 11.9 Å². The van der Waals surface area contributed by atoms with Crippen LogP contribution in [0.4, 0.5) is 9.52 Å². The van der Waals surface area contributed by atoms with Crippen LogP contribution in [0.3, 0.4) is 0 Å². The number of hydrogen-bond donors (Lipinski definition) is 2. The Morgan fingerprint density at radius 1 is 1.29 bits per heavy atom. The molecule has 0 atom stereocenters. The molecule has 0 radical (unpaired) electrons. The van der Waals surface area contributed by atoms with Crippen LogP contribution in [0.2, 0.25) is 0 Å². The van der Waals surface area contributed by atoms with E-state index in [4.69, 9.17) is 5.73 Å². The molecule has 0 fully saturated rings. The number of hydrogen-bond acceptors (Lipinski definition) is 7. The van der Waals surface area contributed by atoms with E-state index in [0.29, 0.717) is 23.6 Å². The highest BCUT2D eigenvalue weighted by Gasteiger charge is 2.11. The lowest BCUT2D eigenvalue weighted by Crippen LogP contribution is -2.26. The zero-order chi connectivity index (χ0) is 22.0. The number of benzene rings is 1. The molecule has 3 N–H and O–H groups in total. The van der Waals surface area contributed by atoms with Crippen molar-refractivity contribution in [3.63, 3.8) is 0 Å². The van der Waals surface area contributed by atoms with Crippen LogP contribution in [-0.4, -0.2) is 31.8 Å². The van der Waals surface area contributed by atoms with E-state index in [1.807, 2.05) is 30.3 Å². The molecule has 0 bridgehead atoms. The molecule has 8 nitrogen and oxygen atoms in total. The molecule has 3 aromatic heterocycles. The molecule has 160 valence electrons. The van der Waals surface area contributed by atoms with E-state index in [2.05, 4.69) is 15.4 Å².